The van der Waals surface area contributed by atoms with Crippen molar-refractivity contribution in [3.05, 3.63) is 24.3 Å². The van der Waals surface area contributed by atoms with Crippen LogP contribution in [0.4, 0.5) is 0 Å². The Morgan fingerprint density at radius 1 is 1.11 bits per heavy atom. The van der Waals surface area contributed by atoms with Gasteiger partial charge in [0, 0.05) is 12.1 Å². The Kier molecular flexibility index (Phi) is 4.16. The van der Waals surface area contributed by atoms with Gasteiger partial charge in [-0.2, -0.15) is 4.31 Å². The molecule has 1 saturated heterocycles. The molecule has 1 heterocycles. The van der Waals surface area contributed by atoms with Crippen LogP contribution in [0.2, 0.25) is 0 Å². The van der Waals surface area contributed by atoms with Crippen molar-refractivity contribution in [1.29, 1.82) is 0 Å². The summed E-state index contributed by atoms with van der Waals surface area (Å²) in [6.07, 6.45) is 2.95. The Balaban J connectivity index is 2.34. The zero-order valence-electron chi connectivity index (χ0n) is 11.7. The second-order valence-corrected chi connectivity index (χ2v) is 6.98. The van der Waals surface area contributed by atoms with E-state index in [0.717, 1.165) is 19.3 Å². The lowest BCUT2D eigenvalue weighted by Crippen LogP contribution is -2.47. The monoisotopic (exact) mass is 283 g/mol. The number of ether oxygens (including phenoxy) is 1. The molecule has 1 aliphatic heterocycles. The van der Waals surface area contributed by atoms with E-state index in [1.54, 1.807) is 35.7 Å². The number of sulfonamides is 1. The molecule has 1 fully saturated rings. The number of hydrogen-bond donors (Lipinski definition) is 0. The standard InChI is InChI=1S/C14H21NO3S/c1-11-5-4-6-12(2)15(11)19(16,17)14-9-7-13(18-3)8-10-14/h7-12H,4-6H2,1-3H3/t11-,12+. The molecule has 0 aromatic heterocycles. The summed E-state index contributed by atoms with van der Waals surface area (Å²) in [5.41, 5.74) is 0. The third-order valence-corrected chi connectivity index (χ3v) is 5.89. The molecule has 2 rings (SSSR count). The molecule has 4 nitrogen and oxygen atoms in total. The first kappa shape index (κ1) is 14.3. The van der Waals surface area contributed by atoms with Gasteiger partial charge in [0.2, 0.25) is 10.0 Å². The normalized spacial score (nSPS) is 25.2. The predicted octanol–water partition coefficient (Wildman–Crippen LogP) is 2.65. The fraction of sp³-hybridized carbons (Fsp3) is 0.571. The molecule has 19 heavy (non-hydrogen) atoms. The van der Waals surface area contributed by atoms with Crippen molar-refractivity contribution in [2.75, 3.05) is 7.11 Å². The number of hydrogen-bond acceptors (Lipinski definition) is 3. The highest BCUT2D eigenvalue weighted by Gasteiger charge is 2.35. The van der Waals surface area contributed by atoms with Gasteiger partial charge < -0.3 is 4.74 Å². The largest absolute Gasteiger partial charge is 0.497 e. The molecule has 0 radical (unpaired) electrons. The summed E-state index contributed by atoms with van der Waals surface area (Å²) in [5.74, 6) is 0.665. The van der Waals surface area contributed by atoms with Crippen molar-refractivity contribution < 1.29 is 13.2 Å². The second-order valence-electron chi connectivity index (χ2n) is 5.14. The molecule has 0 N–H and O–H groups in total. The molecule has 2 atom stereocenters. The third kappa shape index (κ3) is 2.77. The molecule has 0 bridgehead atoms. The number of piperidine rings is 1. The van der Waals surface area contributed by atoms with E-state index in [4.69, 9.17) is 4.74 Å². The first-order valence-corrected chi connectivity index (χ1v) is 8.08. The molecule has 1 aromatic carbocycles. The van der Waals surface area contributed by atoms with Crippen molar-refractivity contribution in [2.45, 2.75) is 50.1 Å². The van der Waals surface area contributed by atoms with Gasteiger partial charge in [0.1, 0.15) is 5.75 Å². The minimum atomic E-state index is -3.41. The highest BCUT2D eigenvalue weighted by Crippen LogP contribution is 2.30. The van der Waals surface area contributed by atoms with Gasteiger partial charge in [0.05, 0.1) is 12.0 Å². The molecule has 5 heteroatoms. The quantitative estimate of drug-likeness (QED) is 0.856. The summed E-state index contributed by atoms with van der Waals surface area (Å²) in [5, 5.41) is 0. The zero-order valence-corrected chi connectivity index (χ0v) is 12.5. The lowest BCUT2D eigenvalue weighted by Gasteiger charge is -2.37. The molecular weight excluding hydrogens is 262 g/mol. The molecular formula is C14H21NO3S. The maximum Gasteiger partial charge on any atom is 0.243 e. The van der Waals surface area contributed by atoms with Crippen LogP contribution in [0.1, 0.15) is 33.1 Å². The maximum atomic E-state index is 12.7. The zero-order chi connectivity index (χ0) is 14.0. The number of methoxy groups -OCH3 is 1. The Labute approximate surface area is 115 Å². The summed E-state index contributed by atoms with van der Waals surface area (Å²) in [4.78, 5) is 0.342. The van der Waals surface area contributed by atoms with E-state index in [2.05, 4.69) is 0 Å². The van der Waals surface area contributed by atoms with E-state index < -0.39 is 10.0 Å². The predicted molar refractivity (Wildman–Crippen MR) is 74.8 cm³/mol. The molecule has 0 amide bonds. The molecule has 1 aliphatic rings. The van der Waals surface area contributed by atoms with Crippen molar-refractivity contribution in [3.8, 4) is 5.75 Å². The third-order valence-electron chi connectivity index (χ3n) is 3.75. The van der Waals surface area contributed by atoms with E-state index in [1.165, 1.54) is 0 Å². The number of nitrogens with zero attached hydrogens (tertiary/aromatic N) is 1. The lowest BCUT2D eigenvalue weighted by molar-refractivity contribution is 0.204. The van der Waals surface area contributed by atoms with Crippen molar-refractivity contribution in [3.63, 3.8) is 0 Å². The Bertz CT molecular complexity index is 514. The average Bonchev–Trinajstić information content (AvgIpc) is 2.38. The topological polar surface area (TPSA) is 46.6 Å². The minimum Gasteiger partial charge on any atom is -0.497 e. The Morgan fingerprint density at radius 2 is 1.63 bits per heavy atom. The van der Waals surface area contributed by atoms with Gasteiger partial charge in [-0.15, -0.1) is 0 Å². The van der Waals surface area contributed by atoms with E-state index >= 15 is 0 Å². The van der Waals surface area contributed by atoms with Crippen LogP contribution in [0.5, 0.6) is 5.75 Å². The van der Waals surface area contributed by atoms with Gasteiger partial charge in [-0.1, -0.05) is 6.42 Å². The van der Waals surface area contributed by atoms with Crippen LogP contribution in [0.25, 0.3) is 0 Å². The average molecular weight is 283 g/mol. The van der Waals surface area contributed by atoms with Crippen molar-refractivity contribution in [1.82, 2.24) is 4.31 Å². The van der Waals surface area contributed by atoms with Crippen LogP contribution < -0.4 is 4.74 Å². The molecule has 0 saturated carbocycles. The van der Waals surface area contributed by atoms with Gasteiger partial charge >= 0.3 is 0 Å². The highest BCUT2D eigenvalue weighted by molar-refractivity contribution is 7.89. The highest BCUT2D eigenvalue weighted by atomic mass is 32.2. The fourth-order valence-corrected chi connectivity index (χ4v) is 4.62. The summed E-state index contributed by atoms with van der Waals surface area (Å²) in [7, 11) is -1.84. The summed E-state index contributed by atoms with van der Waals surface area (Å²) < 4.78 is 32.1. The SMILES string of the molecule is COc1ccc(S(=O)(=O)N2[C@H](C)CCC[C@@H]2C)cc1. The summed E-state index contributed by atoms with van der Waals surface area (Å²) >= 11 is 0. The van der Waals surface area contributed by atoms with Gasteiger partial charge in [0.15, 0.2) is 0 Å². The van der Waals surface area contributed by atoms with Crippen LogP contribution in [-0.4, -0.2) is 31.9 Å². The second kappa shape index (κ2) is 5.51. The lowest BCUT2D eigenvalue weighted by atomic mass is 10.0. The van der Waals surface area contributed by atoms with E-state index in [9.17, 15) is 8.42 Å². The Hall–Kier alpha value is -1.07. The Morgan fingerprint density at radius 3 is 2.11 bits per heavy atom. The maximum absolute atomic E-state index is 12.7. The first-order valence-electron chi connectivity index (χ1n) is 6.64. The van der Waals surface area contributed by atoms with E-state index in [1.807, 2.05) is 13.8 Å². The molecule has 106 valence electrons. The molecule has 0 aliphatic carbocycles. The number of benzene rings is 1. The van der Waals surface area contributed by atoms with Crippen LogP contribution in [0, 0.1) is 0 Å². The van der Waals surface area contributed by atoms with Crippen LogP contribution >= 0.6 is 0 Å². The van der Waals surface area contributed by atoms with Crippen molar-refractivity contribution >= 4 is 10.0 Å². The van der Waals surface area contributed by atoms with Crippen LogP contribution in [-0.2, 0) is 10.0 Å². The van der Waals surface area contributed by atoms with Crippen LogP contribution in [0.3, 0.4) is 0 Å². The van der Waals surface area contributed by atoms with Crippen LogP contribution in [0.15, 0.2) is 29.2 Å². The van der Waals surface area contributed by atoms with Gasteiger partial charge in [0.25, 0.3) is 0 Å². The number of rotatable bonds is 3. The fourth-order valence-electron chi connectivity index (χ4n) is 2.74. The van der Waals surface area contributed by atoms with E-state index in [-0.39, 0.29) is 12.1 Å². The van der Waals surface area contributed by atoms with Gasteiger partial charge in [-0.25, -0.2) is 8.42 Å². The molecule has 0 unspecified atom stereocenters. The molecule has 0 spiro atoms. The van der Waals surface area contributed by atoms with E-state index in [0.29, 0.717) is 10.6 Å². The summed E-state index contributed by atoms with van der Waals surface area (Å²) in [6, 6.07) is 6.73. The van der Waals surface area contributed by atoms with Crippen molar-refractivity contribution in [2.24, 2.45) is 0 Å². The smallest absolute Gasteiger partial charge is 0.243 e. The first-order chi connectivity index (χ1) is 8.96. The van der Waals surface area contributed by atoms with Gasteiger partial charge in [-0.3, -0.25) is 0 Å². The minimum absolute atomic E-state index is 0.0656. The summed E-state index contributed by atoms with van der Waals surface area (Å²) in [6.45, 7) is 3.97. The molecule has 1 aromatic rings. The van der Waals surface area contributed by atoms with Gasteiger partial charge in [-0.05, 0) is 51.0 Å².